The van der Waals surface area contributed by atoms with Gasteiger partial charge in [-0.2, -0.15) is 0 Å². The molecule has 0 radical (unpaired) electrons. The Hall–Kier alpha value is -1.35. The van der Waals surface area contributed by atoms with Gasteiger partial charge < -0.3 is 20.1 Å². The second-order valence-corrected chi connectivity index (χ2v) is 7.61. The number of benzene rings is 1. The minimum atomic E-state index is 0. The summed E-state index contributed by atoms with van der Waals surface area (Å²) in [5.41, 5.74) is 2.24. The van der Waals surface area contributed by atoms with E-state index in [2.05, 4.69) is 71.0 Å². The van der Waals surface area contributed by atoms with Crippen LogP contribution in [0.3, 0.4) is 0 Å². The molecule has 0 unspecified atom stereocenters. The lowest BCUT2D eigenvalue weighted by Crippen LogP contribution is -2.49. The van der Waals surface area contributed by atoms with Crippen molar-refractivity contribution < 1.29 is 0 Å². The molecule has 2 N–H and O–H groups in total. The van der Waals surface area contributed by atoms with E-state index in [9.17, 15) is 0 Å². The summed E-state index contributed by atoms with van der Waals surface area (Å²) in [6.07, 6.45) is 2.35. The number of nitrogens with zero attached hydrogens (tertiary/aromatic N) is 4. The van der Waals surface area contributed by atoms with Gasteiger partial charge in [0.1, 0.15) is 5.82 Å². The molecule has 0 amide bonds. The van der Waals surface area contributed by atoms with Gasteiger partial charge in [0.25, 0.3) is 0 Å². The number of hydrogen-bond acceptors (Lipinski definition) is 3. The number of piperidine rings is 1. The molecule has 1 aromatic heterocycles. The van der Waals surface area contributed by atoms with Crippen LogP contribution in [-0.2, 0) is 6.54 Å². The highest BCUT2D eigenvalue weighted by atomic mass is 127. The van der Waals surface area contributed by atoms with Gasteiger partial charge in [0.05, 0.1) is 17.6 Å². The number of likely N-dealkylation sites (tertiary alicyclic amines) is 1. The van der Waals surface area contributed by atoms with E-state index in [-0.39, 0.29) is 24.0 Å². The monoisotopic (exact) mass is 498 g/mol. The third kappa shape index (κ3) is 5.83. The quantitative estimate of drug-likeness (QED) is 0.364. The van der Waals surface area contributed by atoms with Gasteiger partial charge in [-0.05, 0) is 52.7 Å². The van der Waals surface area contributed by atoms with E-state index in [1.165, 1.54) is 18.4 Å². The molecule has 1 fully saturated rings. The smallest absolute Gasteiger partial charge is 0.191 e. The summed E-state index contributed by atoms with van der Waals surface area (Å²) in [7, 11) is 0. The third-order valence-corrected chi connectivity index (χ3v) is 5.38. The Morgan fingerprint density at radius 2 is 1.96 bits per heavy atom. The van der Waals surface area contributed by atoms with E-state index in [1.54, 1.807) is 0 Å². The van der Waals surface area contributed by atoms with E-state index in [1.807, 2.05) is 6.07 Å². The molecule has 2 heterocycles. The van der Waals surface area contributed by atoms with Crippen LogP contribution in [0.4, 0.5) is 0 Å². The third-order valence-electron chi connectivity index (χ3n) is 5.38. The van der Waals surface area contributed by atoms with Crippen LogP contribution in [0.1, 0.15) is 39.4 Å². The van der Waals surface area contributed by atoms with Crippen molar-refractivity contribution in [3.8, 4) is 0 Å². The first-order valence-electron chi connectivity index (χ1n) is 10.3. The van der Waals surface area contributed by atoms with Crippen molar-refractivity contribution in [2.45, 2.75) is 59.2 Å². The standard InChI is InChI=1S/C21H34N6.HI/c1-5-22-21(25-18-10-13-26(14-11-18)16(2)3)23-12-15-27-17(4)24-19-8-6-7-9-20(19)27;/h6-9,16,18H,5,10-15H2,1-4H3,(H2,22,23,25);1H. The maximum Gasteiger partial charge on any atom is 0.191 e. The largest absolute Gasteiger partial charge is 0.357 e. The molecular weight excluding hydrogens is 463 g/mol. The van der Waals surface area contributed by atoms with Crippen LogP contribution in [0.15, 0.2) is 29.3 Å². The number of para-hydroxylation sites is 2. The van der Waals surface area contributed by atoms with Crippen LogP contribution in [0.2, 0.25) is 0 Å². The Balaban J connectivity index is 0.00000280. The van der Waals surface area contributed by atoms with Crippen molar-refractivity contribution in [3.63, 3.8) is 0 Å². The lowest BCUT2D eigenvalue weighted by atomic mass is 10.0. The number of guanidine groups is 1. The maximum absolute atomic E-state index is 4.82. The Labute approximate surface area is 186 Å². The van der Waals surface area contributed by atoms with E-state index in [4.69, 9.17) is 4.99 Å². The molecule has 0 atom stereocenters. The Morgan fingerprint density at radius 1 is 1.25 bits per heavy atom. The first-order chi connectivity index (χ1) is 13.1. The number of fused-ring (bicyclic) bond motifs is 1. The highest BCUT2D eigenvalue weighted by Crippen LogP contribution is 2.15. The number of aryl methyl sites for hydroxylation is 1. The van der Waals surface area contributed by atoms with Crippen molar-refractivity contribution >= 4 is 41.0 Å². The van der Waals surface area contributed by atoms with E-state index in [0.29, 0.717) is 12.1 Å². The highest BCUT2D eigenvalue weighted by Gasteiger charge is 2.21. The molecule has 0 saturated carbocycles. The van der Waals surface area contributed by atoms with Crippen LogP contribution >= 0.6 is 24.0 Å². The van der Waals surface area contributed by atoms with E-state index in [0.717, 1.165) is 50.0 Å². The molecule has 1 saturated heterocycles. The topological polar surface area (TPSA) is 57.5 Å². The molecule has 0 aliphatic carbocycles. The molecule has 156 valence electrons. The number of aromatic nitrogens is 2. The van der Waals surface area contributed by atoms with Crippen molar-refractivity contribution in [1.29, 1.82) is 0 Å². The molecule has 2 aromatic rings. The van der Waals surface area contributed by atoms with Gasteiger partial charge in [-0.1, -0.05) is 12.1 Å². The molecule has 0 bridgehead atoms. The summed E-state index contributed by atoms with van der Waals surface area (Å²) in [4.78, 5) is 12.0. The zero-order valence-corrected chi connectivity index (χ0v) is 19.9. The number of rotatable bonds is 6. The summed E-state index contributed by atoms with van der Waals surface area (Å²) < 4.78 is 2.25. The van der Waals surface area contributed by atoms with Crippen molar-refractivity contribution in [2.75, 3.05) is 26.2 Å². The molecule has 6 nitrogen and oxygen atoms in total. The fraction of sp³-hybridized carbons (Fsp3) is 0.619. The van der Waals surface area contributed by atoms with Crippen LogP contribution in [0, 0.1) is 6.92 Å². The van der Waals surface area contributed by atoms with Crippen LogP contribution in [0.25, 0.3) is 11.0 Å². The number of hydrogen-bond donors (Lipinski definition) is 2. The average Bonchev–Trinajstić information content (AvgIpc) is 2.98. The fourth-order valence-electron chi connectivity index (χ4n) is 3.81. The predicted molar refractivity (Wildman–Crippen MR) is 129 cm³/mol. The van der Waals surface area contributed by atoms with Crippen molar-refractivity contribution in [3.05, 3.63) is 30.1 Å². The predicted octanol–water partition coefficient (Wildman–Crippen LogP) is 3.39. The van der Waals surface area contributed by atoms with Crippen molar-refractivity contribution in [2.24, 2.45) is 4.99 Å². The van der Waals surface area contributed by atoms with Crippen LogP contribution in [-0.4, -0.2) is 58.7 Å². The second kappa shape index (κ2) is 11.0. The number of halogens is 1. The van der Waals surface area contributed by atoms with Gasteiger partial charge in [-0.3, -0.25) is 4.99 Å². The summed E-state index contributed by atoms with van der Waals surface area (Å²) in [6.45, 7) is 13.5. The van der Waals surface area contributed by atoms with Gasteiger partial charge in [0.2, 0.25) is 0 Å². The van der Waals surface area contributed by atoms with Crippen LogP contribution < -0.4 is 10.6 Å². The summed E-state index contributed by atoms with van der Waals surface area (Å²) in [5, 5.41) is 7.03. The summed E-state index contributed by atoms with van der Waals surface area (Å²) in [5.74, 6) is 1.98. The second-order valence-electron chi connectivity index (χ2n) is 7.61. The first-order valence-corrected chi connectivity index (χ1v) is 10.3. The maximum atomic E-state index is 4.82. The minimum Gasteiger partial charge on any atom is -0.357 e. The normalized spacial score (nSPS) is 16.4. The average molecular weight is 498 g/mol. The van der Waals surface area contributed by atoms with Gasteiger partial charge >= 0.3 is 0 Å². The zero-order chi connectivity index (χ0) is 19.2. The van der Waals surface area contributed by atoms with Gasteiger partial charge in [0.15, 0.2) is 5.96 Å². The first kappa shape index (κ1) is 22.9. The minimum absolute atomic E-state index is 0. The Bertz CT molecular complexity index is 761. The summed E-state index contributed by atoms with van der Waals surface area (Å²) >= 11 is 0. The molecule has 1 aromatic carbocycles. The number of nitrogens with one attached hydrogen (secondary N) is 2. The molecule has 7 heteroatoms. The highest BCUT2D eigenvalue weighted by molar-refractivity contribution is 14.0. The van der Waals surface area contributed by atoms with E-state index >= 15 is 0 Å². The lowest BCUT2D eigenvalue weighted by molar-refractivity contribution is 0.167. The molecule has 0 spiro atoms. The van der Waals surface area contributed by atoms with Gasteiger partial charge in [-0.15, -0.1) is 24.0 Å². The number of imidazole rings is 1. The van der Waals surface area contributed by atoms with Crippen LogP contribution in [0.5, 0.6) is 0 Å². The molecule has 1 aliphatic rings. The molecule has 1 aliphatic heterocycles. The van der Waals surface area contributed by atoms with Crippen molar-refractivity contribution in [1.82, 2.24) is 25.1 Å². The Morgan fingerprint density at radius 3 is 2.64 bits per heavy atom. The molecule has 3 rings (SSSR count). The lowest BCUT2D eigenvalue weighted by Gasteiger charge is -2.35. The number of aliphatic imine (C=N–C) groups is 1. The molecular formula is C21H35IN6. The summed E-state index contributed by atoms with van der Waals surface area (Å²) in [6, 6.07) is 9.45. The Kier molecular flexibility index (Phi) is 9.01. The zero-order valence-electron chi connectivity index (χ0n) is 17.6. The van der Waals surface area contributed by atoms with Gasteiger partial charge in [-0.25, -0.2) is 4.98 Å². The van der Waals surface area contributed by atoms with E-state index < -0.39 is 0 Å². The van der Waals surface area contributed by atoms with Gasteiger partial charge in [0, 0.05) is 38.3 Å². The fourth-order valence-corrected chi connectivity index (χ4v) is 3.81. The SMILES string of the molecule is CCNC(=NCCn1c(C)nc2ccccc21)NC1CCN(C(C)C)CC1.I. The molecule has 28 heavy (non-hydrogen) atoms.